The lowest BCUT2D eigenvalue weighted by Crippen LogP contribution is -2.04. The van der Waals surface area contributed by atoms with Gasteiger partial charge < -0.3 is 9.15 Å². The van der Waals surface area contributed by atoms with Crippen molar-refractivity contribution < 1.29 is 9.15 Å². The van der Waals surface area contributed by atoms with E-state index in [1.54, 1.807) is 6.26 Å². The molecule has 2 heteroatoms. The first-order chi connectivity index (χ1) is 6.25. The van der Waals surface area contributed by atoms with E-state index in [2.05, 4.69) is 0 Å². The van der Waals surface area contributed by atoms with Crippen LogP contribution in [0.15, 0.2) is 34.9 Å². The van der Waals surface area contributed by atoms with Gasteiger partial charge in [0.1, 0.15) is 11.3 Å². The predicted molar refractivity (Wildman–Crippen MR) is 52.0 cm³/mol. The first-order valence-corrected chi connectivity index (χ1v) is 4.39. The summed E-state index contributed by atoms with van der Waals surface area (Å²) in [4.78, 5) is 0. The van der Waals surface area contributed by atoms with E-state index in [0.717, 1.165) is 16.7 Å². The van der Waals surface area contributed by atoms with E-state index in [-0.39, 0.29) is 6.10 Å². The summed E-state index contributed by atoms with van der Waals surface area (Å²) >= 11 is 0. The van der Waals surface area contributed by atoms with Gasteiger partial charge in [0.2, 0.25) is 0 Å². The van der Waals surface area contributed by atoms with Crippen molar-refractivity contribution in [3.63, 3.8) is 0 Å². The summed E-state index contributed by atoms with van der Waals surface area (Å²) in [6.07, 6.45) is 1.90. The third-order valence-electron chi connectivity index (χ3n) is 1.80. The van der Waals surface area contributed by atoms with Gasteiger partial charge in [-0.2, -0.15) is 0 Å². The first-order valence-electron chi connectivity index (χ1n) is 4.39. The Hall–Kier alpha value is -1.44. The standard InChI is InChI=1S/C11H12O2/c1-8(2)13-10-3-4-11-9(7-10)5-6-12-11/h3-8H,1-2H3. The van der Waals surface area contributed by atoms with Crippen LogP contribution < -0.4 is 4.74 Å². The largest absolute Gasteiger partial charge is 0.491 e. The molecule has 1 aromatic heterocycles. The molecule has 0 saturated carbocycles. The molecule has 0 saturated heterocycles. The molecular formula is C11H12O2. The highest BCUT2D eigenvalue weighted by Gasteiger charge is 2.00. The van der Waals surface area contributed by atoms with Crippen molar-refractivity contribution in [1.29, 1.82) is 0 Å². The molecule has 0 aliphatic heterocycles. The van der Waals surface area contributed by atoms with Gasteiger partial charge in [0.25, 0.3) is 0 Å². The fourth-order valence-corrected chi connectivity index (χ4v) is 1.29. The monoisotopic (exact) mass is 176 g/mol. The quantitative estimate of drug-likeness (QED) is 0.701. The molecule has 2 aromatic rings. The molecule has 13 heavy (non-hydrogen) atoms. The molecule has 0 N–H and O–H groups in total. The fourth-order valence-electron chi connectivity index (χ4n) is 1.29. The number of furan rings is 1. The number of hydrogen-bond acceptors (Lipinski definition) is 2. The zero-order valence-corrected chi connectivity index (χ0v) is 7.78. The van der Waals surface area contributed by atoms with E-state index in [1.807, 2.05) is 38.1 Å². The zero-order chi connectivity index (χ0) is 9.26. The minimum atomic E-state index is 0.212. The van der Waals surface area contributed by atoms with Crippen LogP contribution in [0.2, 0.25) is 0 Å². The molecule has 0 unspecified atom stereocenters. The lowest BCUT2D eigenvalue weighted by molar-refractivity contribution is 0.242. The van der Waals surface area contributed by atoms with Crippen molar-refractivity contribution in [1.82, 2.24) is 0 Å². The Bertz CT molecular complexity index is 401. The molecule has 0 amide bonds. The highest BCUT2D eigenvalue weighted by molar-refractivity contribution is 5.78. The third-order valence-corrected chi connectivity index (χ3v) is 1.80. The van der Waals surface area contributed by atoms with Crippen molar-refractivity contribution in [2.45, 2.75) is 20.0 Å². The summed E-state index contributed by atoms with van der Waals surface area (Å²) < 4.78 is 10.8. The maximum atomic E-state index is 5.55. The smallest absolute Gasteiger partial charge is 0.134 e. The number of rotatable bonds is 2. The van der Waals surface area contributed by atoms with Gasteiger partial charge in [-0.3, -0.25) is 0 Å². The topological polar surface area (TPSA) is 22.4 Å². The lowest BCUT2D eigenvalue weighted by Gasteiger charge is -2.08. The van der Waals surface area contributed by atoms with Crippen LogP contribution in [0.5, 0.6) is 5.75 Å². The van der Waals surface area contributed by atoms with Gasteiger partial charge >= 0.3 is 0 Å². The summed E-state index contributed by atoms with van der Waals surface area (Å²) in [6, 6.07) is 7.76. The summed E-state index contributed by atoms with van der Waals surface area (Å²) in [6.45, 7) is 4.03. The van der Waals surface area contributed by atoms with Gasteiger partial charge in [-0.1, -0.05) is 0 Å². The summed E-state index contributed by atoms with van der Waals surface area (Å²) in [7, 11) is 0. The average Bonchev–Trinajstić information content (AvgIpc) is 2.49. The fraction of sp³-hybridized carbons (Fsp3) is 0.273. The summed E-state index contributed by atoms with van der Waals surface area (Å²) in [5, 5.41) is 1.08. The van der Waals surface area contributed by atoms with Crippen molar-refractivity contribution in [2.24, 2.45) is 0 Å². The van der Waals surface area contributed by atoms with Crippen LogP contribution in [0.1, 0.15) is 13.8 Å². The lowest BCUT2D eigenvalue weighted by atomic mass is 10.2. The van der Waals surface area contributed by atoms with E-state index in [0.29, 0.717) is 0 Å². The second-order valence-corrected chi connectivity index (χ2v) is 3.29. The molecule has 2 rings (SSSR count). The molecule has 68 valence electrons. The van der Waals surface area contributed by atoms with E-state index >= 15 is 0 Å². The molecular weight excluding hydrogens is 164 g/mol. The predicted octanol–water partition coefficient (Wildman–Crippen LogP) is 3.22. The molecule has 0 spiro atoms. The van der Waals surface area contributed by atoms with Gasteiger partial charge in [-0.05, 0) is 38.1 Å². The minimum Gasteiger partial charge on any atom is -0.491 e. The first kappa shape index (κ1) is 8.17. The molecule has 0 aliphatic rings. The summed E-state index contributed by atoms with van der Waals surface area (Å²) in [5.41, 5.74) is 0.899. The van der Waals surface area contributed by atoms with Crippen molar-refractivity contribution in [3.8, 4) is 5.75 Å². The Morgan fingerprint density at radius 3 is 2.85 bits per heavy atom. The maximum absolute atomic E-state index is 5.55. The SMILES string of the molecule is CC(C)Oc1ccc2occc2c1. The Morgan fingerprint density at radius 2 is 2.08 bits per heavy atom. The van der Waals surface area contributed by atoms with E-state index in [4.69, 9.17) is 9.15 Å². The Morgan fingerprint density at radius 1 is 1.23 bits per heavy atom. The highest BCUT2D eigenvalue weighted by Crippen LogP contribution is 2.22. The van der Waals surface area contributed by atoms with Crippen LogP contribution in [0.25, 0.3) is 11.0 Å². The van der Waals surface area contributed by atoms with E-state index in [1.165, 1.54) is 0 Å². The van der Waals surface area contributed by atoms with E-state index < -0.39 is 0 Å². The Labute approximate surface area is 77.1 Å². The Balaban J connectivity index is 2.37. The molecule has 0 aliphatic carbocycles. The van der Waals surface area contributed by atoms with Crippen molar-refractivity contribution >= 4 is 11.0 Å². The number of fused-ring (bicyclic) bond motifs is 1. The third kappa shape index (κ3) is 1.66. The average molecular weight is 176 g/mol. The maximum Gasteiger partial charge on any atom is 0.134 e. The van der Waals surface area contributed by atoms with Crippen molar-refractivity contribution in [2.75, 3.05) is 0 Å². The molecule has 1 aromatic carbocycles. The Kier molecular flexibility index (Phi) is 1.97. The molecule has 0 radical (unpaired) electrons. The summed E-state index contributed by atoms with van der Waals surface area (Å²) in [5.74, 6) is 0.893. The normalized spacial score (nSPS) is 11.0. The highest BCUT2D eigenvalue weighted by atomic mass is 16.5. The van der Waals surface area contributed by atoms with Gasteiger partial charge in [-0.15, -0.1) is 0 Å². The van der Waals surface area contributed by atoms with E-state index in [9.17, 15) is 0 Å². The second kappa shape index (κ2) is 3.13. The van der Waals surface area contributed by atoms with Crippen LogP contribution in [-0.2, 0) is 0 Å². The zero-order valence-electron chi connectivity index (χ0n) is 7.78. The molecule has 0 atom stereocenters. The van der Waals surface area contributed by atoms with Gasteiger partial charge in [0, 0.05) is 5.39 Å². The molecule has 2 nitrogen and oxygen atoms in total. The van der Waals surface area contributed by atoms with Crippen molar-refractivity contribution in [3.05, 3.63) is 30.5 Å². The molecule has 1 heterocycles. The number of hydrogen-bond donors (Lipinski definition) is 0. The van der Waals surface area contributed by atoms with Gasteiger partial charge in [0.05, 0.1) is 12.4 Å². The van der Waals surface area contributed by atoms with Crippen LogP contribution in [0, 0.1) is 0 Å². The van der Waals surface area contributed by atoms with Crippen LogP contribution in [-0.4, -0.2) is 6.10 Å². The molecule has 0 bridgehead atoms. The van der Waals surface area contributed by atoms with Gasteiger partial charge in [-0.25, -0.2) is 0 Å². The van der Waals surface area contributed by atoms with Crippen LogP contribution in [0.4, 0.5) is 0 Å². The van der Waals surface area contributed by atoms with Crippen LogP contribution >= 0.6 is 0 Å². The van der Waals surface area contributed by atoms with Crippen LogP contribution in [0.3, 0.4) is 0 Å². The number of benzene rings is 1. The number of ether oxygens (including phenoxy) is 1. The minimum absolute atomic E-state index is 0.212. The second-order valence-electron chi connectivity index (χ2n) is 3.29. The molecule has 0 fully saturated rings. The van der Waals surface area contributed by atoms with Gasteiger partial charge in [0.15, 0.2) is 0 Å².